The van der Waals surface area contributed by atoms with Gasteiger partial charge in [0.2, 0.25) is 0 Å². The van der Waals surface area contributed by atoms with Crippen molar-refractivity contribution >= 4 is 28.0 Å². The van der Waals surface area contributed by atoms with Crippen LogP contribution in [-0.4, -0.2) is 22.8 Å². The van der Waals surface area contributed by atoms with E-state index in [1.54, 1.807) is 26.8 Å². The Hall–Kier alpha value is -1.63. The summed E-state index contributed by atoms with van der Waals surface area (Å²) < 4.78 is 19.3. The number of carbonyl (C=O) groups is 2. The molecule has 0 radical (unpaired) electrons. The number of carboxylic acid groups (broad SMARTS) is 1. The summed E-state index contributed by atoms with van der Waals surface area (Å²) in [4.78, 5) is 22.7. The van der Waals surface area contributed by atoms with Gasteiger partial charge < -0.3 is 15.2 Å². The number of amides is 1. The number of rotatable bonds is 4. The van der Waals surface area contributed by atoms with Crippen LogP contribution >= 0.6 is 15.9 Å². The molecule has 0 saturated heterocycles. The fraction of sp³-hybridized carbons (Fsp3) is 0.429. The number of alkyl carbamates (subject to hydrolysis) is 1. The summed E-state index contributed by atoms with van der Waals surface area (Å²) in [6.45, 7) is 5.04. The molecule has 5 nitrogen and oxygen atoms in total. The molecular weight excluding hydrogens is 345 g/mol. The molecule has 1 rings (SSSR count). The van der Waals surface area contributed by atoms with E-state index in [-0.39, 0.29) is 10.0 Å². The van der Waals surface area contributed by atoms with Gasteiger partial charge in [0.15, 0.2) is 0 Å². The van der Waals surface area contributed by atoms with Gasteiger partial charge in [-0.05, 0) is 42.8 Å². The van der Waals surface area contributed by atoms with E-state index in [0.29, 0.717) is 0 Å². The van der Waals surface area contributed by atoms with Gasteiger partial charge in [-0.15, -0.1) is 0 Å². The molecule has 2 N–H and O–H groups in total. The molecule has 7 heteroatoms. The van der Waals surface area contributed by atoms with Crippen molar-refractivity contribution < 1.29 is 23.8 Å². The third-order valence-corrected chi connectivity index (χ3v) is 3.04. The van der Waals surface area contributed by atoms with Gasteiger partial charge in [-0.25, -0.2) is 9.18 Å². The normalized spacial score (nSPS) is 12.6. The third kappa shape index (κ3) is 5.71. The van der Waals surface area contributed by atoms with Crippen LogP contribution in [0.25, 0.3) is 0 Å². The van der Waals surface area contributed by atoms with E-state index in [0.717, 1.165) is 0 Å². The zero-order valence-electron chi connectivity index (χ0n) is 11.9. The summed E-state index contributed by atoms with van der Waals surface area (Å²) in [5, 5.41) is 11.3. The van der Waals surface area contributed by atoms with Gasteiger partial charge in [0, 0.05) is 5.56 Å². The average Bonchev–Trinajstić information content (AvgIpc) is 2.28. The van der Waals surface area contributed by atoms with Gasteiger partial charge in [-0.3, -0.25) is 4.79 Å². The lowest BCUT2D eigenvalue weighted by Gasteiger charge is -2.23. The van der Waals surface area contributed by atoms with Crippen LogP contribution in [0.2, 0.25) is 0 Å². The fourth-order valence-corrected chi connectivity index (χ4v) is 2.03. The largest absolute Gasteiger partial charge is 0.481 e. The number of carboxylic acids is 1. The number of carbonyl (C=O) groups excluding carboxylic acids is 1. The Labute approximate surface area is 130 Å². The van der Waals surface area contributed by atoms with E-state index in [2.05, 4.69) is 21.2 Å². The van der Waals surface area contributed by atoms with E-state index in [1.807, 2.05) is 0 Å². The Morgan fingerprint density at radius 3 is 2.57 bits per heavy atom. The van der Waals surface area contributed by atoms with E-state index in [4.69, 9.17) is 9.84 Å². The highest BCUT2D eigenvalue weighted by atomic mass is 79.9. The highest BCUT2D eigenvalue weighted by molar-refractivity contribution is 9.10. The molecule has 0 bridgehead atoms. The predicted molar refractivity (Wildman–Crippen MR) is 78.5 cm³/mol. The van der Waals surface area contributed by atoms with Gasteiger partial charge >= 0.3 is 12.1 Å². The molecule has 0 aliphatic rings. The first kappa shape index (κ1) is 17.4. The molecule has 1 amide bonds. The Kier molecular flexibility index (Phi) is 5.71. The molecule has 0 aliphatic carbocycles. The van der Waals surface area contributed by atoms with Crippen LogP contribution in [0.1, 0.15) is 38.8 Å². The third-order valence-electron chi connectivity index (χ3n) is 2.43. The fourth-order valence-electron chi connectivity index (χ4n) is 1.65. The zero-order chi connectivity index (χ0) is 16.2. The molecule has 21 heavy (non-hydrogen) atoms. The minimum Gasteiger partial charge on any atom is -0.481 e. The number of ether oxygens (including phenoxy) is 1. The number of aliphatic carboxylic acids is 1. The molecular formula is C14H17BrFNO4. The van der Waals surface area contributed by atoms with Crippen molar-refractivity contribution in [1.29, 1.82) is 0 Å². The first-order valence-corrected chi connectivity index (χ1v) is 7.04. The highest BCUT2D eigenvalue weighted by Gasteiger charge is 2.25. The Bertz CT molecular complexity index is 542. The van der Waals surface area contributed by atoms with Crippen LogP contribution in [0.15, 0.2) is 22.7 Å². The smallest absolute Gasteiger partial charge is 0.408 e. The summed E-state index contributed by atoms with van der Waals surface area (Å²) in [7, 11) is 0. The summed E-state index contributed by atoms with van der Waals surface area (Å²) in [6.07, 6.45) is -1.25. The second-order valence-electron chi connectivity index (χ2n) is 5.44. The minimum atomic E-state index is -1.16. The molecule has 0 spiro atoms. The van der Waals surface area contributed by atoms with E-state index < -0.39 is 35.9 Å². The lowest BCUT2D eigenvalue weighted by Crippen LogP contribution is -2.36. The van der Waals surface area contributed by atoms with Gasteiger partial charge in [0.05, 0.1) is 16.9 Å². The molecule has 1 aromatic rings. The van der Waals surface area contributed by atoms with Crippen molar-refractivity contribution in [3.05, 3.63) is 34.1 Å². The second kappa shape index (κ2) is 6.89. The number of hydrogen-bond acceptors (Lipinski definition) is 3. The lowest BCUT2D eigenvalue weighted by atomic mass is 10.0. The molecule has 0 aliphatic heterocycles. The van der Waals surface area contributed by atoms with Crippen molar-refractivity contribution in [3.63, 3.8) is 0 Å². The lowest BCUT2D eigenvalue weighted by molar-refractivity contribution is -0.137. The Balaban J connectivity index is 2.98. The quantitative estimate of drug-likeness (QED) is 0.858. The number of halogens is 2. The molecule has 0 heterocycles. The minimum absolute atomic E-state index is 0.0811. The van der Waals surface area contributed by atoms with Crippen molar-refractivity contribution in [2.45, 2.75) is 38.8 Å². The molecule has 1 aromatic carbocycles. The number of benzene rings is 1. The Morgan fingerprint density at radius 2 is 2.05 bits per heavy atom. The van der Waals surface area contributed by atoms with Crippen molar-refractivity contribution in [1.82, 2.24) is 5.32 Å². The van der Waals surface area contributed by atoms with Crippen LogP contribution in [0, 0.1) is 5.82 Å². The molecule has 0 aromatic heterocycles. The first-order valence-electron chi connectivity index (χ1n) is 6.25. The van der Waals surface area contributed by atoms with Crippen molar-refractivity contribution in [2.24, 2.45) is 0 Å². The second-order valence-corrected chi connectivity index (χ2v) is 6.29. The summed E-state index contributed by atoms with van der Waals surface area (Å²) in [5.41, 5.74) is -0.647. The first-order chi connectivity index (χ1) is 9.60. The van der Waals surface area contributed by atoms with Crippen molar-refractivity contribution in [2.75, 3.05) is 0 Å². The summed E-state index contributed by atoms with van der Waals surface area (Å²) in [6, 6.07) is 3.46. The molecule has 0 saturated carbocycles. The van der Waals surface area contributed by atoms with Crippen LogP contribution in [-0.2, 0) is 9.53 Å². The van der Waals surface area contributed by atoms with E-state index >= 15 is 0 Å². The van der Waals surface area contributed by atoms with Crippen LogP contribution in [0.3, 0.4) is 0 Å². The maximum absolute atomic E-state index is 14.1. The van der Waals surface area contributed by atoms with Gasteiger partial charge in [0.25, 0.3) is 0 Å². The molecule has 1 atom stereocenters. The van der Waals surface area contributed by atoms with E-state index in [1.165, 1.54) is 12.1 Å². The molecule has 116 valence electrons. The van der Waals surface area contributed by atoms with Crippen LogP contribution < -0.4 is 5.32 Å². The predicted octanol–water partition coefficient (Wildman–Crippen LogP) is 3.63. The van der Waals surface area contributed by atoms with Crippen LogP contribution in [0.5, 0.6) is 0 Å². The standard InChI is InChI=1S/C14H17BrFNO4/c1-14(2,3)21-13(20)17-10(7-11(18)19)8-5-4-6-9(15)12(8)16/h4-6,10H,7H2,1-3H3,(H,17,20)(H,18,19). The van der Waals surface area contributed by atoms with Gasteiger partial charge in [0.1, 0.15) is 11.4 Å². The topological polar surface area (TPSA) is 75.6 Å². The van der Waals surface area contributed by atoms with Gasteiger partial charge in [-0.2, -0.15) is 0 Å². The van der Waals surface area contributed by atoms with Gasteiger partial charge in [-0.1, -0.05) is 12.1 Å². The average molecular weight is 362 g/mol. The SMILES string of the molecule is CC(C)(C)OC(=O)NC(CC(=O)O)c1cccc(Br)c1F. The summed E-state index contributed by atoms with van der Waals surface area (Å²) >= 11 is 3.03. The zero-order valence-corrected chi connectivity index (χ0v) is 13.5. The van der Waals surface area contributed by atoms with Crippen LogP contribution in [0.4, 0.5) is 9.18 Å². The monoisotopic (exact) mass is 361 g/mol. The number of nitrogens with one attached hydrogen (secondary N) is 1. The highest BCUT2D eigenvalue weighted by Crippen LogP contribution is 2.26. The van der Waals surface area contributed by atoms with Crippen molar-refractivity contribution in [3.8, 4) is 0 Å². The maximum atomic E-state index is 14.1. The summed E-state index contributed by atoms with van der Waals surface area (Å²) in [5.74, 6) is -1.77. The number of hydrogen-bond donors (Lipinski definition) is 2. The van der Waals surface area contributed by atoms with E-state index in [9.17, 15) is 14.0 Å². The Morgan fingerprint density at radius 1 is 1.43 bits per heavy atom. The maximum Gasteiger partial charge on any atom is 0.408 e. The molecule has 0 fully saturated rings. The molecule has 1 unspecified atom stereocenters.